The third kappa shape index (κ3) is 2.72. The fourth-order valence-electron chi connectivity index (χ4n) is 1.10. The maximum absolute atomic E-state index is 9.63. The molecule has 0 bridgehead atoms. The Kier molecular flexibility index (Phi) is 3.78. The molecule has 1 rings (SSSR count). The van der Waals surface area contributed by atoms with E-state index in [0.717, 1.165) is 5.56 Å². The van der Waals surface area contributed by atoms with Crippen molar-refractivity contribution in [2.45, 2.75) is 24.0 Å². The first kappa shape index (κ1) is 10.6. The fourth-order valence-corrected chi connectivity index (χ4v) is 1.51. The second-order valence-electron chi connectivity index (χ2n) is 3.08. The Labute approximate surface area is 83.1 Å². The van der Waals surface area contributed by atoms with Crippen LogP contribution in [0.4, 0.5) is 0 Å². The molecule has 0 saturated heterocycles. The van der Waals surface area contributed by atoms with E-state index >= 15 is 0 Å². The molecule has 72 valence electrons. The summed E-state index contributed by atoms with van der Waals surface area (Å²) < 4.78 is 0. The predicted octanol–water partition coefficient (Wildman–Crippen LogP) is 1.79. The maximum atomic E-state index is 9.63. The van der Waals surface area contributed by atoms with Crippen LogP contribution in [0.5, 0.6) is 0 Å². The van der Waals surface area contributed by atoms with Crippen LogP contribution in [-0.2, 0) is 0 Å². The first-order valence-electron chi connectivity index (χ1n) is 4.22. The Bertz CT molecular complexity index is 258. The molecule has 0 saturated carbocycles. The minimum absolute atomic E-state index is 0.222. The van der Waals surface area contributed by atoms with Crippen LogP contribution in [0.25, 0.3) is 0 Å². The molecule has 2 nitrogen and oxygen atoms in total. The van der Waals surface area contributed by atoms with Gasteiger partial charge in [0.25, 0.3) is 0 Å². The molecule has 1 aromatic carbocycles. The number of rotatable bonds is 3. The maximum Gasteiger partial charge on any atom is 0.0938 e. The molecular weight excluding hydrogens is 182 g/mol. The number of nitrogens with two attached hydrogens (primary N) is 1. The fraction of sp³-hybridized carbons (Fsp3) is 0.400. The van der Waals surface area contributed by atoms with Gasteiger partial charge in [0.05, 0.1) is 6.10 Å². The lowest BCUT2D eigenvalue weighted by molar-refractivity contribution is 0.153. The molecule has 0 aliphatic carbocycles. The van der Waals surface area contributed by atoms with Crippen molar-refractivity contribution in [1.29, 1.82) is 0 Å². The molecule has 2 atom stereocenters. The first-order chi connectivity index (χ1) is 6.15. The summed E-state index contributed by atoms with van der Waals surface area (Å²) in [5.41, 5.74) is 6.47. The van der Waals surface area contributed by atoms with Crippen molar-refractivity contribution in [1.82, 2.24) is 0 Å². The van der Waals surface area contributed by atoms with Crippen molar-refractivity contribution in [2.24, 2.45) is 5.73 Å². The average Bonchev–Trinajstić information content (AvgIpc) is 2.17. The lowest BCUT2D eigenvalue weighted by atomic mass is 10.0. The smallest absolute Gasteiger partial charge is 0.0938 e. The molecular formula is C10H15NOS. The van der Waals surface area contributed by atoms with E-state index in [4.69, 9.17) is 5.73 Å². The van der Waals surface area contributed by atoms with Gasteiger partial charge in [0.1, 0.15) is 0 Å². The van der Waals surface area contributed by atoms with Gasteiger partial charge in [0.2, 0.25) is 0 Å². The monoisotopic (exact) mass is 197 g/mol. The number of thioether (sulfide) groups is 1. The van der Waals surface area contributed by atoms with Gasteiger partial charge in [-0.25, -0.2) is 0 Å². The van der Waals surface area contributed by atoms with Crippen molar-refractivity contribution in [3.63, 3.8) is 0 Å². The summed E-state index contributed by atoms with van der Waals surface area (Å²) in [7, 11) is 0. The number of hydrogen-bond donors (Lipinski definition) is 2. The Balaban J connectivity index is 2.79. The van der Waals surface area contributed by atoms with Gasteiger partial charge in [-0.15, -0.1) is 11.8 Å². The third-order valence-electron chi connectivity index (χ3n) is 1.96. The van der Waals surface area contributed by atoms with Crippen LogP contribution in [0.3, 0.4) is 0 Å². The van der Waals surface area contributed by atoms with E-state index in [1.54, 1.807) is 18.7 Å². The van der Waals surface area contributed by atoms with Crippen molar-refractivity contribution < 1.29 is 5.11 Å². The largest absolute Gasteiger partial charge is 0.387 e. The van der Waals surface area contributed by atoms with Crippen LogP contribution in [-0.4, -0.2) is 17.4 Å². The SMILES string of the molecule is CSc1ccc([C@@H](O)C(C)N)cc1. The highest BCUT2D eigenvalue weighted by Crippen LogP contribution is 2.20. The van der Waals surface area contributed by atoms with Crippen LogP contribution >= 0.6 is 11.8 Å². The third-order valence-corrected chi connectivity index (χ3v) is 2.70. The molecule has 0 aliphatic rings. The number of aliphatic hydroxyl groups excluding tert-OH is 1. The summed E-state index contributed by atoms with van der Waals surface area (Å²) >= 11 is 1.68. The van der Waals surface area contributed by atoms with Gasteiger partial charge in [0, 0.05) is 10.9 Å². The molecule has 0 heterocycles. The van der Waals surface area contributed by atoms with Crippen LogP contribution in [0.2, 0.25) is 0 Å². The molecule has 3 heteroatoms. The van der Waals surface area contributed by atoms with Crippen molar-refractivity contribution in [3.05, 3.63) is 29.8 Å². The highest BCUT2D eigenvalue weighted by atomic mass is 32.2. The number of benzene rings is 1. The quantitative estimate of drug-likeness (QED) is 0.726. The summed E-state index contributed by atoms with van der Waals surface area (Å²) in [6.45, 7) is 1.80. The topological polar surface area (TPSA) is 46.2 Å². The average molecular weight is 197 g/mol. The van der Waals surface area contributed by atoms with Gasteiger partial charge in [-0.1, -0.05) is 12.1 Å². The molecule has 13 heavy (non-hydrogen) atoms. The van der Waals surface area contributed by atoms with Gasteiger partial charge in [-0.05, 0) is 30.9 Å². The van der Waals surface area contributed by atoms with E-state index in [0.29, 0.717) is 0 Å². The summed E-state index contributed by atoms with van der Waals surface area (Å²) in [6, 6.07) is 7.59. The zero-order valence-corrected chi connectivity index (χ0v) is 8.71. The number of hydrogen-bond acceptors (Lipinski definition) is 3. The lowest BCUT2D eigenvalue weighted by Gasteiger charge is -2.14. The molecule has 0 spiro atoms. The molecule has 0 amide bonds. The second-order valence-corrected chi connectivity index (χ2v) is 3.96. The van der Waals surface area contributed by atoms with Gasteiger partial charge in [-0.2, -0.15) is 0 Å². The first-order valence-corrected chi connectivity index (χ1v) is 5.45. The van der Waals surface area contributed by atoms with Gasteiger partial charge >= 0.3 is 0 Å². The normalized spacial score (nSPS) is 15.4. The van der Waals surface area contributed by atoms with Crippen molar-refractivity contribution in [3.8, 4) is 0 Å². The molecule has 0 aliphatic heterocycles. The minimum Gasteiger partial charge on any atom is -0.387 e. The van der Waals surface area contributed by atoms with E-state index in [-0.39, 0.29) is 6.04 Å². The van der Waals surface area contributed by atoms with E-state index in [1.807, 2.05) is 30.5 Å². The highest BCUT2D eigenvalue weighted by molar-refractivity contribution is 7.98. The Morgan fingerprint density at radius 2 is 1.85 bits per heavy atom. The van der Waals surface area contributed by atoms with Crippen LogP contribution in [0.15, 0.2) is 29.2 Å². The molecule has 1 aromatic rings. The number of aliphatic hydroxyl groups is 1. The predicted molar refractivity (Wildman–Crippen MR) is 56.8 cm³/mol. The van der Waals surface area contributed by atoms with Gasteiger partial charge in [0.15, 0.2) is 0 Å². The minimum atomic E-state index is -0.559. The molecule has 0 fully saturated rings. The summed E-state index contributed by atoms with van der Waals surface area (Å²) in [5, 5.41) is 9.63. The van der Waals surface area contributed by atoms with Crippen LogP contribution in [0.1, 0.15) is 18.6 Å². The second kappa shape index (κ2) is 4.65. The Morgan fingerprint density at radius 1 is 1.31 bits per heavy atom. The lowest BCUT2D eigenvalue weighted by Crippen LogP contribution is -2.24. The van der Waals surface area contributed by atoms with Crippen LogP contribution < -0.4 is 5.73 Å². The zero-order chi connectivity index (χ0) is 9.84. The van der Waals surface area contributed by atoms with Crippen LogP contribution in [0, 0.1) is 0 Å². The van der Waals surface area contributed by atoms with E-state index < -0.39 is 6.10 Å². The zero-order valence-electron chi connectivity index (χ0n) is 7.90. The van der Waals surface area contributed by atoms with Crippen molar-refractivity contribution in [2.75, 3.05) is 6.26 Å². The van der Waals surface area contributed by atoms with E-state index in [2.05, 4.69) is 0 Å². The summed E-state index contributed by atoms with van der Waals surface area (Å²) in [6.07, 6.45) is 1.47. The van der Waals surface area contributed by atoms with Crippen molar-refractivity contribution >= 4 is 11.8 Å². The van der Waals surface area contributed by atoms with Gasteiger partial charge < -0.3 is 10.8 Å². The van der Waals surface area contributed by atoms with Gasteiger partial charge in [-0.3, -0.25) is 0 Å². The summed E-state index contributed by atoms with van der Waals surface area (Å²) in [5.74, 6) is 0. The Hall–Kier alpha value is -0.510. The highest BCUT2D eigenvalue weighted by Gasteiger charge is 2.11. The molecule has 0 aromatic heterocycles. The Morgan fingerprint density at radius 3 is 2.23 bits per heavy atom. The van der Waals surface area contributed by atoms with E-state index in [1.165, 1.54) is 4.90 Å². The molecule has 3 N–H and O–H groups in total. The summed E-state index contributed by atoms with van der Waals surface area (Å²) in [4.78, 5) is 1.20. The standard InChI is InChI=1S/C10H15NOS/c1-7(11)10(12)8-3-5-9(13-2)6-4-8/h3-7,10,12H,11H2,1-2H3/t7?,10-/m0/s1. The molecule has 1 unspecified atom stereocenters. The van der Waals surface area contributed by atoms with E-state index in [9.17, 15) is 5.11 Å². The molecule has 0 radical (unpaired) electrons.